The third kappa shape index (κ3) is 3.36. The Balaban J connectivity index is 1.90. The summed E-state index contributed by atoms with van der Waals surface area (Å²) in [7, 11) is 0. The molecule has 2 N–H and O–H groups in total. The molecule has 1 aliphatic rings. The SMILES string of the molecule is CC/C(=N\O)c1cnc(N[C@H]2c3cc(C)ccc3C[C@@H]2C)nc1CC. The van der Waals surface area contributed by atoms with Crippen LogP contribution >= 0.6 is 0 Å². The normalized spacial score (nSPS) is 19.8. The van der Waals surface area contributed by atoms with E-state index < -0.39 is 0 Å². The first kappa shape index (κ1) is 17.4. The zero-order chi connectivity index (χ0) is 18.0. The Hall–Kier alpha value is -2.43. The van der Waals surface area contributed by atoms with E-state index >= 15 is 0 Å². The van der Waals surface area contributed by atoms with Crippen LogP contribution in [0.25, 0.3) is 0 Å². The minimum Gasteiger partial charge on any atom is -0.411 e. The summed E-state index contributed by atoms with van der Waals surface area (Å²) in [5.74, 6) is 1.13. The Kier molecular flexibility index (Phi) is 5.02. The summed E-state index contributed by atoms with van der Waals surface area (Å²) >= 11 is 0. The maximum absolute atomic E-state index is 9.19. The van der Waals surface area contributed by atoms with E-state index in [9.17, 15) is 5.21 Å². The molecule has 5 heteroatoms. The number of oxime groups is 1. The molecule has 0 aliphatic heterocycles. The van der Waals surface area contributed by atoms with Gasteiger partial charge in [-0.25, -0.2) is 9.97 Å². The molecule has 0 bridgehead atoms. The average molecular weight is 338 g/mol. The number of nitrogens with zero attached hydrogens (tertiary/aromatic N) is 3. The van der Waals surface area contributed by atoms with Gasteiger partial charge in [-0.1, -0.05) is 49.7 Å². The Morgan fingerprint density at radius 1 is 1.36 bits per heavy atom. The summed E-state index contributed by atoms with van der Waals surface area (Å²) in [6.45, 7) is 8.40. The van der Waals surface area contributed by atoms with Gasteiger partial charge in [-0.2, -0.15) is 0 Å². The highest BCUT2D eigenvalue weighted by Gasteiger charge is 2.30. The van der Waals surface area contributed by atoms with Crippen molar-refractivity contribution in [1.29, 1.82) is 0 Å². The third-order valence-electron chi connectivity index (χ3n) is 5.00. The molecule has 0 amide bonds. The molecule has 25 heavy (non-hydrogen) atoms. The molecular formula is C20H26N4O. The maximum Gasteiger partial charge on any atom is 0.223 e. The first-order chi connectivity index (χ1) is 12.1. The fourth-order valence-corrected chi connectivity index (χ4v) is 3.63. The van der Waals surface area contributed by atoms with Gasteiger partial charge >= 0.3 is 0 Å². The molecule has 1 heterocycles. The van der Waals surface area contributed by atoms with Crippen LogP contribution in [0.5, 0.6) is 0 Å². The zero-order valence-electron chi connectivity index (χ0n) is 15.4. The van der Waals surface area contributed by atoms with Gasteiger partial charge in [0.2, 0.25) is 5.95 Å². The highest BCUT2D eigenvalue weighted by molar-refractivity contribution is 6.00. The van der Waals surface area contributed by atoms with Gasteiger partial charge in [0.15, 0.2) is 0 Å². The van der Waals surface area contributed by atoms with Crippen molar-refractivity contribution in [2.45, 2.75) is 53.0 Å². The molecule has 2 atom stereocenters. The lowest BCUT2D eigenvalue weighted by Crippen LogP contribution is -2.18. The molecule has 1 aromatic carbocycles. The number of rotatable bonds is 5. The van der Waals surface area contributed by atoms with Crippen molar-refractivity contribution in [3.05, 3.63) is 52.3 Å². The van der Waals surface area contributed by atoms with Crippen LogP contribution in [-0.4, -0.2) is 20.9 Å². The van der Waals surface area contributed by atoms with Crippen molar-refractivity contribution in [1.82, 2.24) is 9.97 Å². The highest BCUT2D eigenvalue weighted by Crippen LogP contribution is 2.38. The summed E-state index contributed by atoms with van der Waals surface area (Å²) in [6.07, 6.45) is 4.25. The van der Waals surface area contributed by atoms with E-state index in [0.29, 0.717) is 24.0 Å². The van der Waals surface area contributed by atoms with Crippen LogP contribution in [0.3, 0.4) is 0 Å². The van der Waals surface area contributed by atoms with Gasteiger partial charge in [-0.05, 0) is 43.2 Å². The molecule has 0 fully saturated rings. The molecule has 5 nitrogen and oxygen atoms in total. The fraction of sp³-hybridized carbons (Fsp3) is 0.450. The van der Waals surface area contributed by atoms with Crippen LogP contribution in [-0.2, 0) is 12.8 Å². The van der Waals surface area contributed by atoms with Crippen molar-refractivity contribution in [3.63, 3.8) is 0 Å². The van der Waals surface area contributed by atoms with Crippen LogP contribution in [0.4, 0.5) is 5.95 Å². The molecule has 1 aliphatic carbocycles. The number of hydrogen-bond acceptors (Lipinski definition) is 5. The number of aromatic nitrogens is 2. The van der Waals surface area contributed by atoms with Crippen molar-refractivity contribution in [3.8, 4) is 0 Å². The van der Waals surface area contributed by atoms with E-state index in [-0.39, 0.29) is 6.04 Å². The number of hydrogen-bond donors (Lipinski definition) is 2. The zero-order valence-corrected chi connectivity index (χ0v) is 15.4. The van der Waals surface area contributed by atoms with E-state index in [1.54, 1.807) is 6.20 Å². The van der Waals surface area contributed by atoms with Crippen LogP contribution in [0.15, 0.2) is 29.6 Å². The minimum absolute atomic E-state index is 0.225. The first-order valence-electron chi connectivity index (χ1n) is 9.00. The second-order valence-electron chi connectivity index (χ2n) is 6.81. The van der Waals surface area contributed by atoms with Gasteiger partial charge in [-0.15, -0.1) is 0 Å². The van der Waals surface area contributed by atoms with Crippen LogP contribution in [0.1, 0.15) is 61.2 Å². The number of nitrogens with one attached hydrogen (secondary N) is 1. The smallest absolute Gasteiger partial charge is 0.223 e. The second kappa shape index (κ2) is 7.21. The summed E-state index contributed by atoms with van der Waals surface area (Å²) in [6, 6.07) is 6.89. The average Bonchev–Trinajstić information content (AvgIpc) is 2.92. The molecule has 0 spiro atoms. The van der Waals surface area contributed by atoms with Crippen molar-refractivity contribution in [2.24, 2.45) is 11.1 Å². The highest BCUT2D eigenvalue weighted by atomic mass is 16.4. The first-order valence-corrected chi connectivity index (χ1v) is 9.00. The van der Waals surface area contributed by atoms with E-state index in [1.807, 2.05) is 6.92 Å². The van der Waals surface area contributed by atoms with E-state index in [2.05, 4.69) is 59.4 Å². The number of benzene rings is 1. The lowest BCUT2D eigenvalue weighted by Gasteiger charge is -2.20. The van der Waals surface area contributed by atoms with Crippen molar-refractivity contribution < 1.29 is 5.21 Å². The molecule has 1 aromatic heterocycles. The molecule has 0 unspecified atom stereocenters. The molecule has 0 saturated heterocycles. The quantitative estimate of drug-likeness (QED) is 0.485. The molecule has 2 aromatic rings. The lowest BCUT2D eigenvalue weighted by atomic mass is 10.0. The van der Waals surface area contributed by atoms with Gasteiger partial charge in [0.1, 0.15) is 0 Å². The third-order valence-corrected chi connectivity index (χ3v) is 5.00. The Morgan fingerprint density at radius 2 is 2.16 bits per heavy atom. The van der Waals surface area contributed by atoms with E-state index in [1.165, 1.54) is 16.7 Å². The van der Waals surface area contributed by atoms with Crippen LogP contribution in [0.2, 0.25) is 0 Å². The largest absolute Gasteiger partial charge is 0.411 e. The van der Waals surface area contributed by atoms with Crippen molar-refractivity contribution in [2.75, 3.05) is 5.32 Å². The summed E-state index contributed by atoms with van der Waals surface area (Å²) in [5, 5.41) is 16.1. The lowest BCUT2D eigenvalue weighted by molar-refractivity contribution is 0.318. The van der Waals surface area contributed by atoms with E-state index in [4.69, 9.17) is 0 Å². The standard InChI is InChI=1S/C20H26N4O/c1-5-17-16(18(6-2)24-25)11-21-20(22-17)23-19-13(4)10-14-8-7-12(3)9-15(14)19/h7-9,11,13,19,25H,5-6,10H2,1-4H3,(H,21,22,23)/b24-18+/t13-,19+/m0/s1. The monoisotopic (exact) mass is 338 g/mol. The van der Waals surface area contributed by atoms with Crippen molar-refractivity contribution >= 4 is 11.7 Å². The minimum atomic E-state index is 0.225. The Bertz CT molecular complexity index is 800. The van der Waals surface area contributed by atoms with Gasteiger partial charge in [0.05, 0.1) is 17.4 Å². The molecule has 0 saturated carbocycles. The Labute approximate surface area is 149 Å². The number of fused-ring (bicyclic) bond motifs is 1. The molecule has 0 radical (unpaired) electrons. The molecule has 132 valence electrons. The summed E-state index contributed by atoms with van der Waals surface area (Å²) in [5.41, 5.74) is 6.39. The van der Waals surface area contributed by atoms with Gasteiger partial charge in [0.25, 0.3) is 0 Å². The predicted molar refractivity (Wildman–Crippen MR) is 100 cm³/mol. The summed E-state index contributed by atoms with van der Waals surface area (Å²) in [4.78, 5) is 9.17. The predicted octanol–water partition coefficient (Wildman–Crippen LogP) is 4.28. The van der Waals surface area contributed by atoms with Crippen LogP contribution in [0, 0.1) is 12.8 Å². The van der Waals surface area contributed by atoms with Crippen LogP contribution < -0.4 is 5.32 Å². The molecule has 3 rings (SSSR count). The van der Waals surface area contributed by atoms with Gasteiger partial charge in [0, 0.05) is 11.8 Å². The fourth-order valence-electron chi connectivity index (χ4n) is 3.63. The van der Waals surface area contributed by atoms with E-state index in [0.717, 1.165) is 24.1 Å². The number of aryl methyl sites for hydroxylation is 2. The second-order valence-corrected chi connectivity index (χ2v) is 6.81. The molecular weight excluding hydrogens is 312 g/mol. The maximum atomic E-state index is 9.19. The van der Waals surface area contributed by atoms with Gasteiger partial charge < -0.3 is 10.5 Å². The number of anilines is 1. The topological polar surface area (TPSA) is 70.4 Å². The summed E-state index contributed by atoms with van der Waals surface area (Å²) < 4.78 is 0. The Morgan fingerprint density at radius 3 is 2.84 bits per heavy atom. The van der Waals surface area contributed by atoms with Gasteiger partial charge in [-0.3, -0.25) is 0 Å².